The predicted octanol–water partition coefficient (Wildman–Crippen LogP) is 4.34. The van der Waals surface area contributed by atoms with Gasteiger partial charge in [0.2, 0.25) is 0 Å². The van der Waals surface area contributed by atoms with Gasteiger partial charge >= 0.3 is 0 Å². The third-order valence-corrected chi connectivity index (χ3v) is 27.2. The van der Waals surface area contributed by atoms with Crippen molar-refractivity contribution in [2.45, 2.75) is 74.8 Å². The Morgan fingerprint density at radius 3 is 0.786 bits per heavy atom. The van der Waals surface area contributed by atoms with Crippen molar-refractivity contribution in [2.75, 3.05) is 0 Å². The van der Waals surface area contributed by atoms with Crippen LogP contribution in [0.1, 0.15) is 38.5 Å². The molecule has 3 heterocycles. The molecule has 3 aliphatic heterocycles. The number of hydrogen-bond donors (Lipinski definition) is 0. The van der Waals surface area contributed by atoms with Crippen LogP contribution >= 0.6 is 0 Å². The quantitative estimate of drug-likeness (QED) is 0.537. The highest BCUT2D eigenvalue weighted by atomic mass is 29.3. The third kappa shape index (κ3) is 1.22. The molecular formula is C12H24Si2. The summed E-state index contributed by atoms with van der Waals surface area (Å²) in [6.45, 7) is 0. The highest BCUT2D eigenvalue weighted by molar-refractivity contribution is 7.43. The maximum atomic E-state index is 1.79. The van der Waals surface area contributed by atoms with Gasteiger partial charge in [-0.25, -0.2) is 0 Å². The van der Waals surface area contributed by atoms with Gasteiger partial charge in [0.1, 0.15) is 0 Å². The molecular weight excluding hydrogens is 200 g/mol. The van der Waals surface area contributed by atoms with Crippen LogP contribution in [0.4, 0.5) is 0 Å². The summed E-state index contributed by atoms with van der Waals surface area (Å²) in [4.78, 5) is 0. The Kier molecular flexibility index (Phi) is 2.40. The highest BCUT2D eigenvalue weighted by Crippen LogP contribution is 2.53. The maximum absolute atomic E-state index is 1.79. The minimum absolute atomic E-state index is 0.598. The first-order valence-corrected chi connectivity index (χ1v) is 13.1. The summed E-state index contributed by atoms with van der Waals surface area (Å²) in [7, 11) is -1.20. The van der Waals surface area contributed by atoms with Crippen molar-refractivity contribution >= 4 is 15.2 Å². The van der Waals surface area contributed by atoms with E-state index >= 15 is 0 Å². The summed E-state index contributed by atoms with van der Waals surface area (Å²) < 4.78 is 0. The van der Waals surface area contributed by atoms with Gasteiger partial charge in [-0.05, 0) is 0 Å². The van der Waals surface area contributed by atoms with Crippen LogP contribution < -0.4 is 0 Å². The van der Waals surface area contributed by atoms with Gasteiger partial charge in [-0.1, -0.05) is 74.8 Å². The van der Waals surface area contributed by atoms with Crippen molar-refractivity contribution in [3.63, 3.8) is 0 Å². The Morgan fingerprint density at radius 1 is 0.357 bits per heavy atom. The lowest BCUT2D eigenvalue weighted by Crippen LogP contribution is -2.67. The van der Waals surface area contributed by atoms with Crippen molar-refractivity contribution in [3.05, 3.63) is 0 Å². The average Bonchev–Trinajstić information content (AvgIpc) is 2.27. The van der Waals surface area contributed by atoms with Crippen LogP contribution in [-0.2, 0) is 0 Å². The second-order valence-corrected chi connectivity index (χ2v) is 20.7. The van der Waals surface area contributed by atoms with Crippen molar-refractivity contribution in [2.24, 2.45) is 0 Å². The van der Waals surface area contributed by atoms with E-state index in [1.165, 1.54) is 0 Å². The molecule has 0 aliphatic carbocycles. The van der Waals surface area contributed by atoms with Crippen LogP contribution in [-0.4, -0.2) is 15.2 Å². The smallest absolute Gasteiger partial charge is 0.0479 e. The summed E-state index contributed by atoms with van der Waals surface area (Å²) in [6.07, 6.45) is 9.84. The SMILES string of the molecule is C1CC[Si]23CCCC[Si]2(C1)CCCC3. The molecule has 3 aliphatic rings. The minimum Gasteiger partial charge on any atom is -0.0590 e. The summed E-state index contributed by atoms with van der Waals surface area (Å²) in [5, 5.41) is 0. The molecule has 0 amide bonds. The molecule has 0 radical (unpaired) electrons. The Hall–Kier alpha value is 0.434. The molecule has 3 fully saturated rings. The summed E-state index contributed by atoms with van der Waals surface area (Å²) in [5.74, 6) is 0. The lowest BCUT2D eigenvalue weighted by atomic mass is 10.3. The normalized spacial score (nSPS) is 48.0. The zero-order valence-corrected chi connectivity index (χ0v) is 11.5. The van der Waals surface area contributed by atoms with Gasteiger partial charge in [0.15, 0.2) is 0 Å². The van der Waals surface area contributed by atoms with Crippen LogP contribution in [0.2, 0.25) is 36.3 Å². The molecule has 0 spiro atoms. The van der Waals surface area contributed by atoms with E-state index in [1.807, 2.05) is 0 Å². The molecule has 2 heteroatoms. The summed E-state index contributed by atoms with van der Waals surface area (Å²) >= 11 is 0. The second-order valence-electron chi connectivity index (χ2n) is 6.18. The summed E-state index contributed by atoms with van der Waals surface area (Å²) in [6, 6.07) is 10.7. The first-order valence-electron chi connectivity index (χ1n) is 6.87. The van der Waals surface area contributed by atoms with Crippen LogP contribution in [0, 0.1) is 0 Å². The average molecular weight is 224 g/mol. The topological polar surface area (TPSA) is 0 Å². The Bertz CT molecular complexity index is 166. The van der Waals surface area contributed by atoms with Crippen molar-refractivity contribution in [3.8, 4) is 0 Å². The molecule has 3 saturated heterocycles. The van der Waals surface area contributed by atoms with Crippen molar-refractivity contribution < 1.29 is 0 Å². The Balaban J connectivity index is 1.94. The predicted molar refractivity (Wildman–Crippen MR) is 68.1 cm³/mol. The van der Waals surface area contributed by atoms with E-state index in [-0.39, 0.29) is 0 Å². The molecule has 0 aromatic heterocycles. The van der Waals surface area contributed by atoms with Gasteiger partial charge in [-0.3, -0.25) is 0 Å². The number of hydrogen-bond acceptors (Lipinski definition) is 0. The standard InChI is InChI=1S/C12H24Si2/c1-2-8-14-11-5-3-9-13(14,7-1)10-4-6-12-14/h1-12H2. The molecule has 0 atom stereocenters. The lowest BCUT2D eigenvalue weighted by molar-refractivity contribution is 0.704. The van der Waals surface area contributed by atoms with Crippen molar-refractivity contribution in [1.82, 2.24) is 0 Å². The molecule has 0 bridgehead atoms. The van der Waals surface area contributed by atoms with Gasteiger partial charge in [-0.15, -0.1) is 0 Å². The van der Waals surface area contributed by atoms with E-state index in [0.29, 0.717) is 0 Å². The molecule has 0 saturated carbocycles. The van der Waals surface area contributed by atoms with Gasteiger partial charge < -0.3 is 0 Å². The van der Waals surface area contributed by atoms with Crippen LogP contribution in [0.15, 0.2) is 0 Å². The zero-order chi connectivity index (χ0) is 9.49. The minimum atomic E-state index is -0.598. The van der Waals surface area contributed by atoms with E-state index < -0.39 is 15.2 Å². The van der Waals surface area contributed by atoms with E-state index in [0.717, 1.165) is 0 Å². The van der Waals surface area contributed by atoms with Gasteiger partial charge in [0.25, 0.3) is 0 Å². The van der Waals surface area contributed by atoms with Crippen LogP contribution in [0.3, 0.4) is 0 Å². The lowest BCUT2D eigenvalue weighted by Gasteiger charge is -2.57. The monoisotopic (exact) mass is 224 g/mol. The second kappa shape index (κ2) is 3.48. The molecule has 0 nitrogen and oxygen atoms in total. The van der Waals surface area contributed by atoms with E-state index in [1.54, 1.807) is 74.8 Å². The van der Waals surface area contributed by atoms with Gasteiger partial charge in [0, 0.05) is 15.2 Å². The fourth-order valence-corrected chi connectivity index (χ4v) is 28.1. The Labute approximate surface area is 90.3 Å². The van der Waals surface area contributed by atoms with E-state index in [2.05, 4.69) is 0 Å². The fourth-order valence-electron chi connectivity index (χ4n) is 5.12. The van der Waals surface area contributed by atoms with Crippen LogP contribution in [0.5, 0.6) is 0 Å². The van der Waals surface area contributed by atoms with E-state index in [9.17, 15) is 0 Å². The zero-order valence-electron chi connectivity index (χ0n) is 9.49. The molecule has 14 heavy (non-hydrogen) atoms. The van der Waals surface area contributed by atoms with Gasteiger partial charge in [-0.2, -0.15) is 0 Å². The van der Waals surface area contributed by atoms with Gasteiger partial charge in [0.05, 0.1) is 0 Å². The number of rotatable bonds is 0. The molecule has 3 rings (SSSR count). The fraction of sp³-hybridized carbons (Fsp3) is 1.00. The highest BCUT2D eigenvalue weighted by Gasteiger charge is 2.56. The first-order chi connectivity index (χ1) is 6.87. The molecule has 0 N–H and O–H groups in total. The molecule has 0 unspecified atom stereocenters. The molecule has 0 aromatic rings. The first kappa shape index (κ1) is 9.64. The van der Waals surface area contributed by atoms with Crippen molar-refractivity contribution in [1.29, 1.82) is 0 Å². The molecule has 80 valence electrons. The van der Waals surface area contributed by atoms with Crippen LogP contribution in [0.25, 0.3) is 0 Å². The Morgan fingerprint density at radius 2 is 0.571 bits per heavy atom. The summed E-state index contributed by atoms with van der Waals surface area (Å²) in [5.41, 5.74) is 0. The largest absolute Gasteiger partial charge is 0.0590 e. The molecule has 0 aromatic carbocycles. The third-order valence-electron chi connectivity index (χ3n) is 5.81. The van der Waals surface area contributed by atoms with E-state index in [4.69, 9.17) is 0 Å². The maximum Gasteiger partial charge on any atom is 0.0479 e.